The summed E-state index contributed by atoms with van der Waals surface area (Å²) < 4.78 is 0. The van der Waals surface area contributed by atoms with Crippen molar-refractivity contribution in [1.82, 2.24) is 10.2 Å². The zero-order chi connectivity index (χ0) is 12.0. The molecule has 2 heteroatoms. The number of piperidine rings is 1. The largest absolute Gasteiger partial charge is 0.313 e. The van der Waals surface area contributed by atoms with Crippen LogP contribution in [0.3, 0.4) is 0 Å². The van der Waals surface area contributed by atoms with E-state index < -0.39 is 0 Å². The molecule has 0 radical (unpaired) electrons. The summed E-state index contributed by atoms with van der Waals surface area (Å²) in [5.74, 6) is 1.74. The zero-order valence-corrected chi connectivity index (χ0v) is 11.6. The average Bonchev–Trinajstić information content (AvgIpc) is 2.30. The van der Waals surface area contributed by atoms with Crippen LogP contribution in [0.5, 0.6) is 0 Å². The lowest BCUT2D eigenvalue weighted by molar-refractivity contribution is 0.189. The lowest BCUT2D eigenvalue weighted by atomic mass is 9.99. The Morgan fingerprint density at radius 3 is 2.44 bits per heavy atom. The molecule has 0 aromatic rings. The van der Waals surface area contributed by atoms with Crippen molar-refractivity contribution in [3.8, 4) is 0 Å². The standard InChI is InChI=1S/C14H30N2/c1-5-13(3)14(4)15-8-11-16-9-6-12(2)7-10-16/h12-15H,5-11H2,1-4H3. The van der Waals surface area contributed by atoms with Crippen LogP contribution in [0.1, 0.15) is 47.0 Å². The minimum atomic E-state index is 0.661. The molecule has 1 N–H and O–H groups in total. The van der Waals surface area contributed by atoms with Crippen molar-refractivity contribution in [2.24, 2.45) is 11.8 Å². The van der Waals surface area contributed by atoms with E-state index in [1.165, 1.54) is 38.9 Å². The van der Waals surface area contributed by atoms with Crippen LogP contribution in [0.15, 0.2) is 0 Å². The molecule has 1 rings (SSSR count). The number of hydrogen-bond donors (Lipinski definition) is 1. The first kappa shape index (κ1) is 14.0. The van der Waals surface area contributed by atoms with E-state index in [0.717, 1.165) is 18.4 Å². The van der Waals surface area contributed by atoms with Gasteiger partial charge in [-0.15, -0.1) is 0 Å². The van der Waals surface area contributed by atoms with Crippen molar-refractivity contribution >= 4 is 0 Å². The van der Waals surface area contributed by atoms with E-state index in [1.54, 1.807) is 0 Å². The third-order valence-corrected chi connectivity index (χ3v) is 4.27. The number of nitrogens with one attached hydrogen (secondary N) is 1. The van der Waals surface area contributed by atoms with Crippen molar-refractivity contribution in [3.63, 3.8) is 0 Å². The molecule has 0 bridgehead atoms. The Morgan fingerprint density at radius 1 is 1.25 bits per heavy atom. The number of likely N-dealkylation sites (tertiary alicyclic amines) is 1. The van der Waals surface area contributed by atoms with Crippen LogP contribution >= 0.6 is 0 Å². The van der Waals surface area contributed by atoms with Gasteiger partial charge in [0.05, 0.1) is 0 Å². The SMILES string of the molecule is CCC(C)C(C)NCCN1CCC(C)CC1. The Balaban J connectivity index is 2.06. The summed E-state index contributed by atoms with van der Waals surface area (Å²) in [7, 11) is 0. The third-order valence-electron chi connectivity index (χ3n) is 4.27. The molecule has 1 aliphatic heterocycles. The second-order valence-corrected chi connectivity index (χ2v) is 5.65. The Morgan fingerprint density at radius 2 is 1.88 bits per heavy atom. The molecule has 1 saturated heterocycles. The minimum Gasteiger partial charge on any atom is -0.313 e. The molecule has 2 atom stereocenters. The number of nitrogens with zero attached hydrogens (tertiary/aromatic N) is 1. The molecule has 0 aromatic heterocycles. The molecule has 2 unspecified atom stereocenters. The van der Waals surface area contributed by atoms with Crippen LogP contribution < -0.4 is 5.32 Å². The highest BCUT2D eigenvalue weighted by Crippen LogP contribution is 2.15. The quantitative estimate of drug-likeness (QED) is 0.749. The smallest absolute Gasteiger partial charge is 0.0107 e. The van der Waals surface area contributed by atoms with E-state index in [1.807, 2.05) is 0 Å². The summed E-state index contributed by atoms with van der Waals surface area (Å²) >= 11 is 0. The molecule has 0 saturated carbocycles. The topological polar surface area (TPSA) is 15.3 Å². The van der Waals surface area contributed by atoms with Gasteiger partial charge in [0, 0.05) is 19.1 Å². The van der Waals surface area contributed by atoms with Gasteiger partial charge in [-0.3, -0.25) is 0 Å². The lowest BCUT2D eigenvalue weighted by Crippen LogP contribution is -2.41. The third kappa shape index (κ3) is 4.84. The summed E-state index contributed by atoms with van der Waals surface area (Å²) in [6.45, 7) is 14.3. The maximum Gasteiger partial charge on any atom is 0.0107 e. The molecule has 96 valence electrons. The number of rotatable bonds is 6. The van der Waals surface area contributed by atoms with Gasteiger partial charge in [-0.05, 0) is 44.7 Å². The van der Waals surface area contributed by atoms with Gasteiger partial charge >= 0.3 is 0 Å². The second-order valence-electron chi connectivity index (χ2n) is 5.65. The highest BCUT2D eigenvalue weighted by atomic mass is 15.1. The average molecular weight is 226 g/mol. The lowest BCUT2D eigenvalue weighted by Gasteiger charge is -2.31. The molecule has 0 spiro atoms. The van der Waals surface area contributed by atoms with Gasteiger partial charge in [-0.1, -0.05) is 27.2 Å². The maximum atomic E-state index is 3.65. The summed E-state index contributed by atoms with van der Waals surface area (Å²) in [6.07, 6.45) is 4.05. The van der Waals surface area contributed by atoms with Crippen LogP contribution in [0.2, 0.25) is 0 Å². The van der Waals surface area contributed by atoms with E-state index >= 15 is 0 Å². The minimum absolute atomic E-state index is 0.661. The normalized spacial score (nSPS) is 23.2. The van der Waals surface area contributed by atoms with E-state index in [9.17, 15) is 0 Å². The van der Waals surface area contributed by atoms with Crippen LogP contribution in [0, 0.1) is 11.8 Å². The molecule has 16 heavy (non-hydrogen) atoms. The second kappa shape index (κ2) is 7.29. The molecule has 1 fully saturated rings. The molecular formula is C14H30N2. The van der Waals surface area contributed by atoms with Gasteiger partial charge in [0.15, 0.2) is 0 Å². The van der Waals surface area contributed by atoms with Gasteiger partial charge in [-0.2, -0.15) is 0 Å². The van der Waals surface area contributed by atoms with Crippen LogP contribution in [0.25, 0.3) is 0 Å². The first-order valence-electron chi connectivity index (χ1n) is 7.09. The molecule has 0 aromatic carbocycles. The Hall–Kier alpha value is -0.0800. The van der Waals surface area contributed by atoms with Crippen molar-refractivity contribution in [1.29, 1.82) is 0 Å². The number of hydrogen-bond acceptors (Lipinski definition) is 2. The van der Waals surface area contributed by atoms with Crippen LogP contribution in [0.4, 0.5) is 0 Å². The first-order chi connectivity index (χ1) is 7.63. The fraction of sp³-hybridized carbons (Fsp3) is 1.00. The summed E-state index contributed by atoms with van der Waals surface area (Å²) in [4.78, 5) is 2.61. The highest BCUT2D eigenvalue weighted by Gasteiger charge is 2.15. The maximum absolute atomic E-state index is 3.65. The molecule has 2 nitrogen and oxygen atoms in total. The molecule has 0 aliphatic carbocycles. The fourth-order valence-corrected chi connectivity index (χ4v) is 2.29. The Kier molecular flexibility index (Phi) is 6.37. The van der Waals surface area contributed by atoms with E-state index in [-0.39, 0.29) is 0 Å². The summed E-state index contributed by atoms with van der Waals surface area (Å²) in [5, 5.41) is 3.65. The van der Waals surface area contributed by atoms with Gasteiger partial charge in [0.2, 0.25) is 0 Å². The zero-order valence-electron chi connectivity index (χ0n) is 11.6. The monoisotopic (exact) mass is 226 g/mol. The van der Waals surface area contributed by atoms with Gasteiger partial charge in [0.25, 0.3) is 0 Å². The van der Waals surface area contributed by atoms with Crippen LogP contribution in [-0.2, 0) is 0 Å². The van der Waals surface area contributed by atoms with Gasteiger partial charge in [-0.25, -0.2) is 0 Å². The van der Waals surface area contributed by atoms with Crippen LogP contribution in [-0.4, -0.2) is 37.1 Å². The fourth-order valence-electron chi connectivity index (χ4n) is 2.29. The Bertz CT molecular complexity index is 174. The van der Waals surface area contributed by atoms with E-state index in [4.69, 9.17) is 0 Å². The Labute approximate surface area is 102 Å². The van der Waals surface area contributed by atoms with Crippen molar-refractivity contribution in [2.75, 3.05) is 26.2 Å². The first-order valence-corrected chi connectivity index (χ1v) is 7.09. The van der Waals surface area contributed by atoms with E-state index in [2.05, 4.69) is 37.9 Å². The van der Waals surface area contributed by atoms with Crippen molar-refractivity contribution < 1.29 is 0 Å². The molecule has 1 aliphatic rings. The highest BCUT2D eigenvalue weighted by molar-refractivity contribution is 4.72. The van der Waals surface area contributed by atoms with Gasteiger partial charge in [0.1, 0.15) is 0 Å². The molecular weight excluding hydrogens is 196 g/mol. The molecule has 1 heterocycles. The summed E-state index contributed by atoms with van der Waals surface area (Å²) in [5.41, 5.74) is 0. The predicted molar refractivity (Wildman–Crippen MR) is 71.8 cm³/mol. The summed E-state index contributed by atoms with van der Waals surface area (Å²) in [6, 6.07) is 0.661. The molecule has 0 amide bonds. The van der Waals surface area contributed by atoms with Crippen molar-refractivity contribution in [3.05, 3.63) is 0 Å². The van der Waals surface area contributed by atoms with Crippen molar-refractivity contribution in [2.45, 2.75) is 53.0 Å². The van der Waals surface area contributed by atoms with Gasteiger partial charge < -0.3 is 10.2 Å². The van der Waals surface area contributed by atoms with E-state index in [0.29, 0.717) is 6.04 Å². The predicted octanol–water partition coefficient (Wildman–Crippen LogP) is 2.74.